The molecule has 1 heterocycles. The number of rotatable bonds is 3. The van der Waals surface area contributed by atoms with E-state index < -0.39 is 0 Å². The number of nitrogens with one attached hydrogen (secondary N) is 2. The molecule has 24 heavy (non-hydrogen) atoms. The van der Waals surface area contributed by atoms with Gasteiger partial charge in [-0.05, 0) is 74.5 Å². The molecule has 0 spiro atoms. The predicted octanol–water partition coefficient (Wildman–Crippen LogP) is 2.37. The molecule has 4 saturated carbocycles. The first-order valence-corrected chi connectivity index (χ1v) is 9.88. The highest BCUT2D eigenvalue weighted by Gasteiger charge is 2.47. The van der Waals surface area contributed by atoms with E-state index >= 15 is 0 Å². The van der Waals surface area contributed by atoms with Gasteiger partial charge < -0.3 is 15.5 Å². The predicted molar refractivity (Wildman–Crippen MR) is 92.3 cm³/mol. The molecule has 0 atom stereocenters. The Morgan fingerprint density at radius 2 is 1.54 bits per heavy atom. The second-order valence-corrected chi connectivity index (χ2v) is 8.73. The van der Waals surface area contributed by atoms with Crippen molar-refractivity contribution >= 4 is 11.9 Å². The number of hydrogen-bond donors (Lipinski definition) is 2. The van der Waals surface area contributed by atoms with Gasteiger partial charge in [-0.1, -0.05) is 0 Å². The van der Waals surface area contributed by atoms with Gasteiger partial charge in [-0.25, -0.2) is 4.79 Å². The Hall–Kier alpha value is -1.26. The van der Waals surface area contributed by atoms with Gasteiger partial charge in [0.05, 0.1) is 0 Å². The number of carbonyl (C=O) groups excluding carboxylic acids is 2. The second kappa shape index (κ2) is 6.57. The minimum atomic E-state index is -0.00918. The largest absolute Gasteiger partial charge is 0.343 e. The maximum Gasteiger partial charge on any atom is 0.315 e. The first kappa shape index (κ1) is 16.2. The first-order valence-electron chi connectivity index (χ1n) is 9.88. The quantitative estimate of drug-likeness (QED) is 0.833. The smallest absolute Gasteiger partial charge is 0.315 e. The van der Waals surface area contributed by atoms with Crippen molar-refractivity contribution in [3.8, 4) is 0 Å². The molecule has 0 aromatic rings. The highest BCUT2D eigenvalue weighted by molar-refractivity contribution is 5.75. The summed E-state index contributed by atoms with van der Waals surface area (Å²) in [5, 5.41) is 6.27. The van der Waals surface area contributed by atoms with Crippen molar-refractivity contribution in [2.75, 3.05) is 19.6 Å². The molecule has 5 aliphatic rings. The molecule has 1 aliphatic heterocycles. The lowest BCUT2D eigenvalue weighted by molar-refractivity contribution is -0.129. The zero-order valence-electron chi connectivity index (χ0n) is 14.8. The minimum Gasteiger partial charge on any atom is -0.343 e. The van der Waals surface area contributed by atoms with Crippen LogP contribution >= 0.6 is 0 Å². The fourth-order valence-electron chi connectivity index (χ4n) is 6.16. The third-order valence-electron chi connectivity index (χ3n) is 7.20. The van der Waals surface area contributed by atoms with Crippen molar-refractivity contribution in [3.63, 3.8) is 0 Å². The molecule has 5 nitrogen and oxygen atoms in total. The van der Waals surface area contributed by atoms with Crippen LogP contribution in [0.1, 0.15) is 51.9 Å². The third kappa shape index (κ3) is 3.27. The van der Waals surface area contributed by atoms with Crippen molar-refractivity contribution in [2.45, 2.75) is 57.9 Å². The number of hydrogen-bond acceptors (Lipinski definition) is 2. The first-order chi connectivity index (χ1) is 11.6. The van der Waals surface area contributed by atoms with Gasteiger partial charge in [0.2, 0.25) is 5.91 Å². The number of carbonyl (C=O) groups is 2. The molecule has 0 aromatic heterocycles. The Labute approximate surface area is 144 Å². The highest BCUT2D eigenvalue weighted by Crippen LogP contribution is 2.56. The summed E-state index contributed by atoms with van der Waals surface area (Å²) in [6.45, 7) is 3.99. The Bertz CT molecular complexity index is 471. The Balaban J connectivity index is 1.21. The molecule has 0 unspecified atom stereocenters. The zero-order valence-corrected chi connectivity index (χ0v) is 14.8. The van der Waals surface area contributed by atoms with Crippen LogP contribution in [-0.2, 0) is 4.79 Å². The number of urea groups is 1. The van der Waals surface area contributed by atoms with E-state index in [1.54, 1.807) is 6.92 Å². The summed E-state index contributed by atoms with van der Waals surface area (Å²) in [6, 6.07) is 0.198. The van der Waals surface area contributed by atoms with Gasteiger partial charge in [-0.15, -0.1) is 0 Å². The Morgan fingerprint density at radius 1 is 0.958 bits per heavy atom. The monoisotopic (exact) mass is 333 g/mol. The summed E-state index contributed by atoms with van der Waals surface area (Å²) in [7, 11) is 0. The summed E-state index contributed by atoms with van der Waals surface area (Å²) in [6.07, 6.45) is 8.84. The Morgan fingerprint density at radius 3 is 2.08 bits per heavy atom. The minimum absolute atomic E-state index is 0.00918. The fourth-order valence-corrected chi connectivity index (χ4v) is 6.16. The van der Waals surface area contributed by atoms with Gasteiger partial charge >= 0.3 is 6.03 Å². The van der Waals surface area contributed by atoms with Gasteiger partial charge in [0.1, 0.15) is 0 Å². The molecule has 4 bridgehead atoms. The topological polar surface area (TPSA) is 61.4 Å². The van der Waals surface area contributed by atoms with Crippen LogP contribution in [0.25, 0.3) is 0 Å². The van der Waals surface area contributed by atoms with Crippen molar-refractivity contribution in [1.29, 1.82) is 0 Å². The molecule has 5 heteroatoms. The van der Waals surface area contributed by atoms with Crippen LogP contribution in [0.15, 0.2) is 0 Å². The lowest BCUT2D eigenvalue weighted by Gasteiger charge is -2.54. The van der Waals surface area contributed by atoms with Gasteiger partial charge in [0, 0.05) is 32.6 Å². The van der Waals surface area contributed by atoms with Gasteiger partial charge in [0.15, 0.2) is 0 Å². The average molecular weight is 333 g/mol. The molecular formula is C19H31N3O2. The van der Waals surface area contributed by atoms with E-state index in [1.165, 1.54) is 32.1 Å². The van der Waals surface area contributed by atoms with Crippen molar-refractivity contribution in [2.24, 2.45) is 29.6 Å². The molecule has 5 fully saturated rings. The van der Waals surface area contributed by atoms with E-state index in [4.69, 9.17) is 0 Å². The van der Waals surface area contributed by atoms with Crippen LogP contribution in [-0.4, -0.2) is 42.5 Å². The van der Waals surface area contributed by atoms with Gasteiger partial charge in [0.25, 0.3) is 0 Å². The van der Waals surface area contributed by atoms with Crippen LogP contribution in [0.4, 0.5) is 4.79 Å². The molecule has 1 saturated heterocycles. The number of nitrogens with zero attached hydrogens (tertiary/aromatic N) is 1. The summed E-state index contributed by atoms with van der Waals surface area (Å²) < 4.78 is 0. The zero-order chi connectivity index (χ0) is 16.7. The molecule has 5 rings (SSSR count). The molecule has 0 aromatic carbocycles. The normalized spacial score (nSPS) is 38.2. The van der Waals surface area contributed by atoms with E-state index in [1.807, 2.05) is 4.90 Å². The fraction of sp³-hybridized carbons (Fsp3) is 0.895. The molecule has 134 valence electrons. The maximum atomic E-state index is 12.3. The lowest BCUT2D eigenvalue weighted by atomic mass is 9.52. The van der Waals surface area contributed by atoms with E-state index in [0.717, 1.165) is 56.1 Å². The molecule has 2 N–H and O–H groups in total. The van der Waals surface area contributed by atoms with E-state index in [-0.39, 0.29) is 18.0 Å². The van der Waals surface area contributed by atoms with Gasteiger partial charge in [-0.2, -0.15) is 0 Å². The summed E-state index contributed by atoms with van der Waals surface area (Å²) in [5.74, 6) is 4.55. The third-order valence-corrected chi connectivity index (χ3v) is 7.20. The van der Waals surface area contributed by atoms with E-state index in [9.17, 15) is 9.59 Å². The van der Waals surface area contributed by atoms with E-state index in [2.05, 4.69) is 10.6 Å². The maximum absolute atomic E-state index is 12.3. The van der Waals surface area contributed by atoms with Crippen molar-refractivity contribution in [1.82, 2.24) is 15.5 Å². The summed E-state index contributed by atoms with van der Waals surface area (Å²) in [4.78, 5) is 25.5. The number of amides is 3. The van der Waals surface area contributed by atoms with Crippen LogP contribution < -0.4 is 10.6 Å². The van der Waals surface area contributed by atoms with Crippen LogP contribution in [0, 0.1) is 29.6 Å². The molecule has 3 amide bonds. The lowest BCUT2D eigenvalue weighted by Crippen LogP contribution is -2.52. The summed E-state index contributed by atoms with van der Waals surface area (Å²) in [5.41, 5.74) is 0. The molecule has 0 radical (unpaired) electrons. The van der Waals surface area contributed by atoms with Gasteiger partial charge in [-0.3, -0.25) is 4.79 Å². The molecule has 4 aliphatic carbocycles. The van der Waals surface area contributed by atoms with Crippen LogP contribution in [0.3, 0.4) is 0 Å². The summed E-state index contributed by atoms with van der Waals surface area (Å²) >= 11 is 0. The van der Waals surface area contributed by atoms with E-state index in [0.29, 0.717) is 5.92 Å². The van der Waals surface area contributed by atoms with Crippen LogP contribution in [0.2, 0.25) is 0 Å². The van der Waals surface area contributed by atoms with Crippen molar-refractivity contribution < 1.29 is 9.59 Å². The number of likely N-dealkylation sites (tertiary alicyclic amines) is 1. The average Bonchev–Trinajstić information content (AvgIpc) is 2.54. The number of piperidine rings is 1. The highest BCUT2D eigenvalue weighted by atomic mass is 16.2. The SMILES string of the molecule is CC(=O)N1CCC(NC(=O)NCC2C3CC4CC(C3)CC2C4)CC1. The van der Waals surface area contributed by atoms with Crippen molar-refractivity contribution in [3.05, 3.63) is 0 Å². The second-order valence-electron chi connectivity index (χ2n) is 8.73. The standard InChI is InChI=1S/C19H31N3O2/c1-12(23)22-4-2-17(3-5-22)21-19(24)20-11-18-15-7-13-6-14(9-15)10-16(18)8-13/h13-18H,2-11H2,1H3,(H2,20,21,24). The Kier molecular flexibility index (Phi) is 4.44. The molecular weight excluding hydrogens is 302 g/mol. The van der Waals surface area contributed by atoms with Crippen LogP contribution in [0.5, 0.6) is 0 Å².